The molecule has 0 aliphatic heterocycles. The second-order valence-electron chi connectivity index (χ2n) is 1.22. The van der Waals surface area contributed by atoms with Crippen LogP contribution in [-0.4, -0.2) is 15.2 Å². The molecule has 0 rings (SSSR count). The van der Waals surface area contributed by atoms with Crippen LogP contribution in [0.1, 0.15) is 6.92 Å². The highest BCUT2D eigenvalue weighted by molar-refractivity contribution is 6.34. The van der Waals surface area contributed by atoms with Gasteiger partial charge in [0.05, 0.1) is 15.2 Å². The monoisotopic (exact) mass is 89.0 g/mol. The Kier molecular flexibility index (Phi) is 2.50. The zero-order valence-electron chi connectivity index (χ0n) is 3.69. The van der Waals surface area contributed by atoms with Crippen molar-refractivity contribution < 1.29 is 5.11 Å². The lowest BCUT2D eigenvalue weighted by molar-refractivity contribution is 0.171. The Bertz CT molecular complexity index is 20.9. The molecule has 1 atom stereocenters. The Balaban J connectivity index is 2.54. The Hall–Kier alpha value is 0.177. The molecule has 2 heteroatoms. The normalized spacial score (nSPS) is 17.4. The van der Waals surface area contributed by atoms with Gasteiger partial charge in [0.1, 0.15) is 0 Å². The summed E-state index contributed by atoms with van der Waals surface area (Å²) in [6.07, 6.45) is 0. The molecule has 0 aromatic heterocycles. The molecule has 0 bridgehead atoms. The number of hydrogen-bond acceptors (Lipinski definition) is 0. The van der Waals surface area contributed by atoms with Crippen LogP contribution in [0.15, 0.2) is 0 Å². The van der Waals surface area contributed by atoms with Gasteiger partial charge in [0.2, 0.25) is 0 Å². The molecule has 0 heterocycles. The van der Waals surface area contributed by atoms with Gasteiger partial charge in [-0.25, -0.2) is 5.11 Å². The lowest BCUT2D eigenvalue weighted by Gasteiger charge is -1.85. The van der Waals surface area contributed by atoms with Gasteiger partial charge in [-0.05, 0) is 6.92 Å². The molecule has 0 spiro atoms. The van der Waals surface area contributed by atoms with Gasteiger partial charge in [0.15, 0.2) is 0 Å². The molecule has 0 N–H and O–H groups in total. The summed E-state index contributed by atoms with van der Waals surface area (Å²) in [4.78, 5) is 0. The third-order valence-corrected chi connectivity index (χ3v) is 1.72. The highest BCUT2D eigenvalue weighted by Gasteiger charge is 1.86. The second kappa shape index (κ2) is 2.42. The van der Waals surface area contributed by atoms with E-state index in [1.165, 1.54) is 0 Å². The SMILES string of the molecule is C[SiH2]C(C)[O]. The van der Waals surface area contributed by atoms with Crippen molar-refractivity contribution in [3.63, 3.8) is 0 Å². The Labute approximate surface area is 34.8 Å². The molecule has 0 aliphatic rings. The summed E-state index contributed by atoms with van der Waals surface area (Å²) in [7, 11) is -0.207. The van der Waals surface area contributed by atoms with Crippen LogP contribution in [0.2, 0.25) is 6.55 Å². The van der Waals surface area contributed by atoms with E-state index >= 15 is 0 Å². The minimum absolute atomic E-state index is 0.207. The van der Waals surface area contributed by atoms with Gasteiger partial charge in [-0.15, -0.1) is 0 Å². The fourth-order valence-electron chi connectivity index (χ4n) is 0. The van der Waals surface area contributed by atoms with Crippen LogP contribution in [0, 0.1) is 0 Å². The Morgan fingerprint density at radius 3 is 2.00 bits per heavy atom. The molecule has 0 aliphatic carbocycles. The molecule has 31 valence electrons. The van der Waals surface area contributed by atoms with E-state index in [2.05, 4.69) is 0 Å². The van der Waals surface area contributed by atoms with E-state index in [0.29, 0.717) is 0 Å². The van der Waals surface area contributed by atoms with E-state index in [9.17, 15) is 5.11 Å². The lowest BCUT2D eigenvalue weighted by Crippen LogP contribution is -2.02. The smallest absolute Gasteiger partial charge is 0.0735 e. The molecule has 0 aromatic carbocycles. The summed E-state index contributed by atoms with van der Waals surface area (Å²) < 4.78 is 0. The van der Waals surface area contributed by atoms with Gasteiger partial charge in [0.25, 0.3) is 0 Å². The molecular weight excluding hydrogens is 80.1 g/mol. The minimum Gasteiger partial charge on any atom is -0.238 e. The zero-order valence-corrected chi connectivity index (χ0v) is 5.11. The van der Waals surface area contributed by atoms with Gasteiger partial charge in [0, 0.05) is 0 Å². The van der Waals surface area contributed by atoms with Crippen LogP contribution in [0.5, 0.6) is 0 Å². The van der Waals surface area contributed by atoms with Crippen molar-refractivity contribution in [3.8, 4) is 0 Å². The molecule has 1 nitrogen and oxygen atoms in total. The van der Waals surface area contributed by atoms with Gasteiger partial charge in [-0.2, -0.15) is 0 Å². The molecule has 0 fully saturated rings. The lowest BCUT2D eigenvalue weighted by atomic mass is 10.9. The predicted molar refractivity (Wildman–Crippen MR) is 24.6 cm³/mol. The molecule has 0 saturated heterocycles. The first kappa shape index (κ1) is 5.18. The Morgan fingerprint density at radius 1 is 1.80 bits per heavy atom. The summed E-state index contributed by atoms with van der Waals surface area (Å²) in [5.74, 6) is 0. The first-order chi connectivity index (χ1) is 2.27. The first-order valence-electron chi connectivity index (χ1n) is 1.93. The maximum Gasteiger partial charge on any atom is 0.0735 e. The van der Waals surface area contributed by atoms with Crippen molar-refractivity contribution in [2.75, 3.05) is 0 Å². The van der Waals surface area contributed by atoms with Crippen molar-refractivity contribution in [2.45, 2.75) is 19.2 Å². The minimum atomic E-state index is -0.227. The van der Waals surface area contributed by atoms with Gasteiger partial charge >= 0.3 is 0 Å². The van der Waals surface area contributed by atoms with Gasteiger partial charge in [-0.3, -0.25) is 0 Å². The van der Waals surface area contributed by atoms with E-state index < -0.39 is 0 Å². The van der Waals surface area contributed by atoms with E-state index in [-0.39, 0.29) is 15.2 Å². The molecule has 0 aromatic rings. The van der Waals surface area contributed by atoms with Gasteiger partial charge < -0.3 is 0 Å². The van der Waals surface area contributed by atoms with Crippen LogP contribution in [0.25, 0.3) is 0 Å². The highest BCUT2D eigenvalue weighted by Crippen LogP contribution is 1.70. The largest absolute Gasteiger partial charge is 0.238 e. The van der Waals surface area contributed by atoms with Crippen molar-refractivity contribution in [2.24, 2.45) is 0 Å². The third kappa shape index (κ3) is 4.18. The zero-order chi connectivity index (χ0) is 4.28. The maximum atomic E-state index is 9.96. The Morgan fingerprint density at radius 2 is 2.00 bits per heavy atom. The summed E-state index contributed by atoms with van der Waals surface area (Å²) in [5, 5.41) is 9.96. The quantitative estimate of drug-likeness (QED) is 0.402. The van der Waals surface area contributed by atoms with Crippen LogP contribution in [0.4, 0.5) is 0 Å². The van der Waals surface area contributed by atoms with Crippen molar-refractivity contribution in [1.82, 2.24) is 0 Å². The van der Waals surface area contributed by atoms with E-state index in [1.54, 1.807) is 6.92 Å². The fourth-order valence-corrected chi connectivity index (χ4v) is 0. The van der Waals surface area contributed by atoms with Crippen LogP contribution in [0.3, 0.4) is 0 Å². The van der Waals surface area contributed by atoms with E-state index in [1.807, 2.05) is 6.55 Å². The summed E-state index contributed by atoms with van der Waals surface area (Å²) >= 11 is 0. The summed E-state index contributed by atoms with van der Waals surface area (Å²) in [5.41, 5.74) is -0.227. The van der Waals surface area contributed by atoms with E-state index in [4.69, 9.17) is 0 Å². The highest BCUT2D eigenvalue weighted by atomic mass is 28.2. The maximum absolute atomic E-state index is 9.96. The van der Waals surface area contributed by atoms with Crippen LogP contribution < -0.4 is 0 Å². The summed E-state index contributed by atoms with van der Waals surface area (Å²) in [6.45, 7) is 3.75. The molecule has 1 radical (unpaired) electrons. The van der Waals surface area contributed by atoms with E-state index in [0.717, 1.165) is 0 Å². The molecular formula is C3H9OSi. The third-order valence-electron chi connectivity index (χ3n) is 0.575. The molecule has 0 amide bonds. The average Bonchev–Trinajstić information content (AvgIpc) is 1.38. The standard InChI is InChI=1S/C3H9OSi/c1-3(4)5-2/h3H,5H2,1-2H3. The van der Waals surface area contributed by atoms with Crippen LogP contribution >= 0.6 is 0 Å². The summed E-state index contributed by atoms with van der Waals surface area (Å²) in [6, 6.07) is 0. The molecule has 1 unspecified atom stereocenters. The van der Waals surface area contributed by atoms with Crippen molar-refractivity contribution in [1.29, 1.82) is 0 Å². The predicted octanol–water partition coefficient (Wildman–Crippen LogP) is -0.0202. The van der Waals surface area contributed by atoms with Crippen LogP contribution in [-0.2, 0) is 5.11 Å². The number of hydrogen-bond donors (Lipinski definition) is 0. The second-order valence-corrected chi connectivity index (χ2v) is 3.19. The average molecular weight is 89.2 g/mol. The number of rotatable bonds is 1. The molecule has 5 heavy (non-hydrogen) atoms. The first-order valence-corrected chi connectivity index (χ1v) is 4.16. The van der Waals surface area contributed by atoms with Crippen molar-refractivity contribution in [3.05, 3.63) is 0 Å². The van der Waals surface area contributed by atoms with Gasteiger partial charge in [-0.1, -0.05) is 6.55 Å². The topological polar surface area (TPSA) is 19.9 Å². The van der Waals surface area contributed by atoms with Crippen molar-refractivity contribution >= 4 is 9.52 Å². The molecule has 0 saturated carbocycles. The fraction of sp³-hybridized carbons (Fsp3) is 1.00.